The fraction of sp³-hybridized carbons (Fsp3) is 0.0833. The van der Waals surface area contributed by atoms with Crippen LogP contribution in [0, 0.1) is 0 Å². The molecule has 0 unspecified atom stereocenters. The van der Waals surface area contributed by atoms with E-state index in [2.05, 4.69) is 109 Å². The van der Waals surface area contributed by atoms with E-state index >= 15 is 0 Å². The lowest BCUT2D eigenvalue weighted by molar-refractivity contribution is 0.448. The normalized spacial score (nSPS) is 11.4. The fourth-order valence-electron chi connectivity index (χ4n) is 6.86. The van der Waals surface area contributed by atoms with Gasteiger partial charge in [-0.1, -0.05) is 154 Å². The van der Waals surface area contributed by atoms with Crippen LogP contribution in [0.25, 0.3) is 61.8 Å². The third-order valence-electron chi connectivity index (χ3n) is 9.41. The number of hydrogen-bond acceptors (Lipinski definition) is 4. The molecular formula is C48H39N3O2. The molecule has 258 valence electrons. The molecule has 0 aliphatic carbocycles. The minimum atomic E-state index is -0.290. The first-order valence-corrected chi connectivity index (χ1v) is 17.8. The van der Waals surface area contributed by atoms with Gasteiger partial charge in [0.1, 0.15) is 17.3 Å². The van der Waals surface area contributed by atoms with Crippen LogP contribution in [-0.2, 0) is 5.41 Å². The predicted molar refractivity (Wildman–Crippen MR) is 215 cm³/mol. The number of imidazole rings is 1. The summed E-state index contributed by atoms with van der Waals surface area (Å²) in [5.41, 5.74) is 9.90. The molecule has 1 N–H and O–H groups in total. The predicted octanol–water partition coefficient (Wildman–Crippen LogP) is 12.4. The Morgan fingerprint density at radius 2 is 1.15 bits per heavy atom. The van der Waals surface area contributed by atoms with Gasteiger partial charge in [-0.25, -0.2) is 9.97 Å². The van der Waals surface area contributed by atoms with Gasteiger partial charge in [0.2, 0.25) is 5.88 Å². The van der Waals surface area contributed by atoms with Crippen molar-refractivity contribution in [2.45, 2.75) is 26.2 Å². The quantitative estimate of drug-likeness (QED) is 0.172. The highest BCUT2D eigenvalue weighted by molar-refractivity contribution is 5.88. The Hall–Kier alpha value is -6.72. The van der Waals surface area contributed by atoms with Crippen LogP contribution < -0.4 is 4.74 Å². The van der Waals surface area contributed by atoms with Crippen molar-refractivity contribution in [2.24, 2.45) is 0 Å². The second kappa shape index (κ2) is 14.1. The van der Waals surface area contributed by atoms with Crippen LogP contribution in [0.5, 0.6) is 17.4 Å². The largest absolute Gasteiger partial charge is 0.507 e. The standard InChI is InChI=1S/C48H39N3O2/c1-48(2,3)41-27-16-26-40(46(41)52)47-50-44(37-23-15-24-38(31-37)53-43-32-36(29-30-49-43)33-17-7-4-8-18-33)45(35-21-11-6-12-22-35)51(47)42-28-14-13-25-39(42)34-19-9-5-10-20-34/h4-32,52H,1-3H3. The van der Waals surface area contributed by atoms with E-state index in [1.54, 1.807) is 6.20 Å². The summed E-state index contributed by atoms with van der Waals surface area (Å²) in [5.74, 6) is 1.99. The number of aromatic hydroxyl groups is 1. The third-order valence-corrected chi connectivity index (χ3v) is 9.41. The van der Waals surface area contributed by atoms with Crippen molar-refractivity contribution in [1.29, 1.82) is 0 Å². The molecule has 0 atom stereocenters. The van der Waals surface area contributed by atoms with Gasteiger partial charge in [-0.15, -0.1) is 0 Å². The van der Waals surface area contributed by atoms with Gasteiger partial charge in [0.05, 0.1) is 22.6 Å². The summed E-state index contributed by atoms with van der Waals surface area (Å²) < 4.78 is 8.62. The first kappa shape index (κ1) is 33.4. The molecule has 0 saturated heterocycles. The number of hydrogen-bond donors (Lipinski definition) is 1. The van der Waals surface area contributed by atoms with Crippen molar-refractivity contribution in [3.05, 3.63) is 182 Å². The van der Waals surface area contributed by atoms with Crippen molar-refractivity contribution in [1.82, 2.24) is 14.5 Å². The molecule has 53 heavy (non-hydrogen) atoms. The second-order valence-electron chi connectivity index (χ2n) is 14.0. The molecule has 0 saturated carbocycles. The highest BCUT2D eigenvalue weighted by atomic mass is 16.5. The van der Waals surface area contributed by atoms with E-state index in [4.69, 9.17) is 9.72 Å². The van der Waals surface area contributed by atoms with E-state index in [0.717, 1.165) is 56.0 Å². The van der Waals surface area contributed by atoms with Gasteiger partial charge in [0, 0.05) is 29.0 Å². The maximum absolute atomic E-state index is 12.0. The van der Waals surface area contributed by atoms with Crippen LogP contribution in [0.15, 0.2) is 176 Å². The number of phenolic OH excluding ortho intramolecular Hbond substituents is 1. The number of benzene rings is 6. The van der Waals surface area contributed by atoms with E-state index < -0.39 is 0 Å². The number of rotatable bonds is 8. The highest BCUT2D eigenvalue weighted by Crippen LogP contribution is 2.45. The van der Waals surface area contributed by atoms with Crippen molar-refractivity contribution >= 4 is 0 Å². The fourth-order valence-corrected chi connectivity index (χ4v) is 6.86. The molecule has 6 aromatic carbocycles. The topological polar surface area (TPSA) is 60.2 Å². The first-order valence-electron chi connectivity index (χ1n) is 17.8. The number of aromatic nitrogens is 3. The van der Waals surface area contributed by atoms with E-state index in [-0.39, 0.29) is 11.2 Å². The van der Waals surface area contributed by atoms with Crippen LogP contribution in [0.1, 0.15) is 26.3 Å². The minimum absolute atomic E-state index is 0.219. The number of ether oxygens (including phenoxy) is 1. The van der Waals surface area contributed by atoms with Gasteiger partial charge >= 0.3 is 0 Å². The molecule has 0 fully saturated rings. The number of nitrogens with zero attached hydrogens (tertiary/aromatic N) is 3. The summed E-state index contributed by atoms with van der Waals surface area (Å²) in [7, 11) is 0. The number of phenols is 1. The van der Waals surface area contributed by atoms with E-state index in [1.807, 2.05) is 91.0 Å². The Morgan fingerprint density at radius 1 is 0.547 bits per heavy atom. The SMILES string of the molecule is CC(C)(C)c1cccc(-c2nc(-c3cccc(Oc4cc(-c5ccccc5)ccn4)c3)c(-c3ccccc3)n2-c2ccccc2-c2ccccc2)c1O. The maximum atomic E-state index is 12.0. The van der Waals surface area contributed by atoms with Crippen LogP contribution in [-0.4, -0.2) is 19.6 Å². The Balaban J connectivity index is 1.36. The van der Waals surface area contributed by atoms with Gasteiger partial charge < -0.3 is 9.84 Å². The lowest BCUT2D eigenvalue weighted by Crippen LogP contribution is -2.12. The molecule has 0 aliphatic heterocycles. The van der Waals surface area contributed by atoms with E-state index in [0.29, 0.717) is 23.0 Å². The molecule has 0 spiro atoms. The summed E-state index contributed by atoms with van der Waals surface area (Å²) in [6, 6.07) is 57.1. The van der Waals surface area contributed by atoms with Crippen molar-refractivity contribution in [2.75, 3.05) is 0 Å². The molecule has 2 heterocycles. The second-order valence-corrected chi connectivity index (χ2v) is 14.0. The highest BCUT2D eigenvalue weighted by Gasteiger charge is 2.28. The lowest BCUT2D eigenvalue weighted by atomic mass is 9.85. The number of para-hydroxylation sites is 2. The Morgan fingerprint density at radius 3 is 1.87 bits per heavy atom. The molecule has 0 bridgehead atoms. The zero-order valence-electron chi connectivity index (χ0n) is 29.9. The molecular weight excluding hydrogens is 651 g/mol. The minimum Gasteiger partial charge on any atom is -0.507 e. The van der Waals surface area contributed by atoms with Gasteiger partial charge in [0.25, 0.3) is 0 Å². The van der Waals surface area contributed by atoms with Gasteiger partial charge in [-0.05, 0) is 58.0 Å². The summed E-state index contributed by atoms with van der Waals surface area (Å²) >= 11 is 0. The van der Waals surface area contributed by atoms with Gasteiger partial charge in [-0.2, -0.15) is 0 Å². The van der Waals surface area contributed by atoms with Crippen molar-refractivity contribution in [3.63, 3.8) is 0 Å². The maximum Gasteiger partial charge on any atom is 0.219 e. The summed E-state index contributed by atoms with van der Waals surface area (Å²) in [5, 5.41) is 12.0. The van der Waals surface area contributed by atoms with Crippen LogP contribution >= 0.6 is 0 Å². The monoisotopic (exact) mass is 689 g/mol. The van der Waals surface area contributed by atoms with Gasteiger partial charge in [-0.3, -0.25) is 4.57 Å². The van der Waals surface area contributed by atoms with E-state index in [1.165, 1.54) is 0 Å². The molecule has 5 heteroatoms. The first-order chi connectivity index (χ1) is 25.8. The third kappa shape index (κ3) is 6.73. The van der Waals surface area contributed by atoms with Crippen molar-refractivity contribution in [3.8, 4) is 79.2 Å². The molecule has 0 radical (unpaired) electrons. The molecule has 0 amide bonds. The van der Waals surface area contributed by atoms with Crippen LogP contribution in [0.4, 0.5) is 0 Å². The lowest BCUT2D eigenvalue weighted by Gasteiger charge is -2.22. The summed E-state index contributed by atoms with van der Waals surface area (Å²) in [6.07, 6.45) is 1.77. The Labute approximate surface area is 310 Å². The average Bonchev–Trinajstić information content (AvgIpc) is 3.59. The van der Waals surface area contributed by atoms with E-state index in [9.17, 15) is 5.11 Å². The molecule has 2 aromatic heterocycles. The van der Waals surface area contributed by atoms with Crippen molar-refractivity contribution < 1.29 is 9.84 Å². The molecule has 0 aliphatic rings. The van der Waals surface area contributed by atoms with Crippen LogP contribution in [0.2, 0.25) is 0 Å². The summed E-state index contributed by atoms with van der Waals surface area (Å²) in [6.45, 7) is 6.33. The Kier molecular flexibility index (Phi) is 8.91. The average molecular weight is 690 g/mol. The van der Waals surface area contributed by atoms with Gasteiger partial charge in [0.15, 0.2) is 0 Å². The zero-order chi connectivity index (χ0) is 36.4. The zero-order valence-corrected chi connectivity index (χ0v) is 29.9. The smallest absolute Gasteiger partial charge is 0.219 e. The molecule has 5 nitrogen and oxygen atoms in total. The Bertz CT molecular complexity index is 2520. The summed E-state index contributed by atoms with van der Waals surface area (Å²) in [4.78, 5) is 9.99. The number of pyridine rings is 1. The molecule has 8 rings (SSSR count). The molecule has 8 aromatic rings. The van der Waals surface area contributed by atoms with Crippen LogP contribution in [0.3, 0.4) is 0 Å².